The maximum atomic E-state index is 5.59. The van der Waals surface area contributed by atoms with Crippen LogP contribution in [0, 0.1) is 0 Å². The molecule has 0 spiro atoms. The third-order valence-electron chi connectivity index (χ3n) is 1.59. The van der Waals surface area contributed by atoms with Gasteiger partial charge in [0.25, 0.3) is 0 Å². The van der Waals surface area contributed by atoms with Crippen LogP contribution < -0.4 is 5.46 Å². The first-order chi connectivity index (χ1) is 7.22. The normalized spacial score (nSPS) is 10.9. The predicted molar refractivity (Wildman–Crippen MR) is 65.7 cm³/mol. The second-order valence-corrected chi connectivity index (χ2v) is 2.86. The first kappa shape index (κ1) is 11.2. The summed E-state index contributed by atoms with van der Waals surface area (Å²) in [6, 6.07) is 3.47. The predicted octanol–water partition coefficient (Wildman–Crippen LogP) is 1.55. The topological polar surface area (TPSA) is 25.2 Å². The van der Waals surface area contributed by atoms with Crippen molar-refractivity contribution in [3.8, 4) is 0 Å². The molecule has 0 N–H and O–H groups in total. The molecule has 2 nitrogen and oxygen atoms in total. The number of hydrogen-bond acceptors (Lipinski definition) is 2. The molecule has 0 aromatic carbocycles. The van der Waals surface area contributed by atoms with Gasteiger partial charge in [0.1, 0.15) is 7.85 Å². The number of rotatable bonds is 4. The Balaban J connectivity index is 2.69. The van der Waals surface area contributed by atoms with E-state index in [2.05, 4.69) is 23.1 Å². The molecule has 2 radical (unpaired) electrons. The molecule has 1 heterocycles. The van der Waals surface area contributed by atoms with Gasteiger partial charge in [0.05, 0.1) is 17.6 Å². The summed E-state index contributed by atoms with van der Waals surface area (Å²) in [5.74, 6) is 0. The van der Waals surface area contributed by atoms with E-state index in [1.165, 1.54) is 0 Å². The maximum Gasteiger partial charge on any atom is 0.113 e. The van der Waals surface area contributed by atoms with E-state index >= 15 is 0 Å². The van der Waals surface area contributed by atoms with Crippen LogP contribution in [-0.4, -0.2) is 19.0 Å². The van der Waals surface area contributed by atoms with Gasteiger partial charge in [0, 0.05) is 6.20 Å². The smallest absolute Gasteiger partial charge is 0.113 e. The van der Waals surface area contributed by atoms with Gasteiger partial charge in [-0.2, -0.15) is 0 Å². The van der Waals surface area contributed by atoms with E-state index in [-0.39, 0.29) is 0 Å². The lowest BCUT2D eigenvalue weighted by Gasteiger charge is -1.94. The van der Waals surface area contributed by atoms with Crippen molar-refractivity contribution in [1.29, 1.82) is 0 Å². The van der Waals surface area contributed by atoms with Crippen LogP contribution in [0.25, 0.3) is 0 Å². The Kier molecular flexibility index (Phi) is 4.29. The molecule has 0 atom stereocenters. The first-order valence-electron chi connectivity index (χ1n) is 4.46. The number of nitrogens with zero attached hydrogens (tertiary/aromatic N) is 2. The lowest BCUT2D eigenvalue weighted by molar-refractivity contribution is 1.30. The molecular weight excluding hydrogens is 183 g/mol. The Labute approximate surface area is 91.2 Å². The number of pyridine rings is 1. The SMILES string of the molecule is [B]c1ccnc(C=NC(=C)/C=C\C=C)c1. The molecule has 1 rings (SSSR count). The van der Waals surface area contributed by atoms with Crippen molar-refractivity contribution in [2.24, 2.45) is 4.99 Å². The highest BCUT2D eigenvalue weighted by atomic mass is 14.8. The standard InChI is InChI=1S/C12H11BN2/c1-3-4-5-10(2)15-9-12-8-11(13)6-7-14-12/h3-9H,1-2H2/b5-4-,15-9?. The third-order valence-corrected chi connectivity index (χ3v) is 1.59. The molecule has 0 bridgehead atoms. The summed E-state index contributed by atoms with van der Waals surface area (Å²) in [5.41, 5.74) is 2.01. The summed E-state index contributed by atoms with van der Waals surface area (Å²) in [4.78, 5) is 8.18. The Bertz CT molecular complexity index is 419. The Morgan fingerprint density at radius 1 is 1.53 bits per heavy atom. The van der Waals surface area contributed by atoms with Crippen molar-refractivity contribution in [3.05, 3.63) is 61.1 Å². The molecule has 15 heavy (non-hydrogen) atoms. The van der Waals surface area contributed by atoms with E-state index < -0.39 is 0 Å². The monoisotopic (exact) mass is 194 g/mol. The van der Waals surface area contributed by atoms with Crippen molar-refractivity contribution in [2.45, 2.75) is 0 Å². The minimum atomic E-state index is 0.638. The lowest BCUT2D eigenvalue weighted by Crippen LogP contribution is -2.03. The molecular formula is C12H11BN2. The summed E-state index contributed by atoms with van der Waals surface area (Å²) >= 11 is 0. The van der Waals surface area contributed by atoms with Gasteiger partial charge in [0.2, 0.25) is 0 Å². The molecule has 3 heteroatoms. The van der Waals surface area contributed by atoms with E-state index in [1.807, 2.05) is 0 Å². The zero-order valence-corrected chi connectivity index (χ0v) is 8.43. The largest absolute Gasteiger partial charge is 0.255 e. The van der Waals surface area contributed by atoms with Crippen LogP contribution in [0.1, 0.15) is 5.69 Å². The van der Waals surface area contributed by atoms with Crippen molar-refractivity contribution >= 4 is 19.5 Å². The second-order valence-electron chi connectivity index (χ2n) is 2.86. The highest BCUT2D eigenvalue weighted by Crippen LogP contribution is 1.95. The molecule has 0 aliphatic heterocycles. The fourth-order valence-electron chi connectivity index (χ4n) is 0.907. The average Bonchev–Trinajstić information content (AvgIpc) is 2.23. The summed E-state index contributed by atoms with van der Waals surface area (Å²) in [6.07, 6.45) is 8.45. The maximum absolute atomic E-state index is 5.59. The molecule has 0 saturated carbocycles. The van der Waals surface area contributed by atoms with Gasteiger partial charge in [-0.15, -0.1) is 0 Å². The van der Waals surface area contributed by atoms with Crippen LogP contribution >= 0.6 is 0 Å². The van der Waals surface area contributed by atoms with Crippen LogP contribution in [0.4, 0.5) is 0 Å². The van der Waals surface area contributed by atoms with E-state index in [9.17, 15) is 0 Å². The molecule has 0 fully saturated rings. The van der Waals surface area contributed by atoms with E-state index in [0.29, 0.717) is 16.9 Å². The Morgan fingerprint density at radius 3 is 3.00 bits per heavy atom. The second kappa shape index (κ2) is 5.76. The van der Waals surface area contributed by atoms with Crippen LogP contribution in [-0.2, 0) is 0 Å². The van der Waals surface area contributed by atoms with Crippen LogP contribution in [0.15, 0.2) is 60.4 Å². The summed E-state index contributed by atoms with van der Waals surface area (Å²) in [6.45, 7) is 7.29. The van der Waals surface area contributed by atoms with Crippen LogP contribution in [0.2, 0.25) is 0 Å². The zero-order valence-electron chi connectivity index (χ0n) is 8.43. The molecule has 0 aliphatic carbocycles. The lowest BCUT2D eigenvalue weighted by atomic mass is 9.97. The molecule has 0 unspecified atom stereocenters. The van der Waals surface area contributed by atoms with E-state index in [4.69, 9.17) is 7.85 Å². The van der Waals surface area contributed by atoms with Gasteiger partial charge >= 0.3 is 0 Å². The number of hydrogen-bond donors (Lipinski definition) is 0. The number of aromatic nitrogens is 1. The van der Waals surface area contributed by atoms with E-state index in [1.54, 1.807) is 42.8 Å². The zero-order chi connectivity index (χ0) is 11.1. The average molecular weight is 194 g/mol. The first-order valence-corrected chi connectivity index (χ1v) is 4.46. The highest BCUT2D eigenvalue weighted by Gasteiger charge is 1.89. The van der Waals surface area contributed by atoms with Gasteiger partial charge < -0.3 is 0 Å². The van der Waals surface area contributed by atoms with E-state index in [0.717, 1.165) is 0 Å². The van der Waals surface area contributed by atoms with Gasteiger partial charge in [-0.3, -0.25) is 9.98 Å². The fraction of sp³-hybridized carbons (Fsp3) is 0. The Morgan fingerprint density at radius 2 is 2.33 bits per heavy atom. The number of allylic oxidation sites excluding steroid dienone is 3. The minimum absolute atomic E-state index is 0.638. The Hall–Kier alpha value is -1.90. The van der Waals surface area contributed by atoms with Crippen molar-refractivity contribution in [2.75, 3.05) is 0 Å². The highest BCUT2D eigenvalue weighted by molar-refractivity contribution is 6.32. The fourth-order valence-corrected chi connectivity index (χ4v) is 0.907. The van der Waals surface area contributed by atoms with Gasteiger partial charge in [-0.25, -0.2) is 0 Å². The van der Waals surface area contributed by atoms with Crippen LogP contribution in [0.5, 0.6) is 0 Å². The van der Waals surface area contributed by atoms with Crippen molar-refractivity contribution in [1.82, 2.24) is 4.98 Å². The van der Waals surface area contributed by atoms with Crippen molar-refractivity contribution < 1.29 is 0 Å². The molecule has 0 aliphatic rings. The molecule has 1 aromatic heterocycles. The molecule has 0 saturated heterocycles. The van der Waals surface area contributed by atoms with Crippen LogP contribution in [0.3, 0.4) is 0 Å². The molecule has 72 valence electrons. The van der Waals surface area contributed by atoms with Gasteiger partial charge in [-0.1, -0.05) is 36.8 Å². The summed E-state index contributed by atoms with van der Waals surface area (Å²) in [7, 11) is 5.59. The third kappa shape index (κ3) is 4.22. The summed E-state index contributed by atoms with van der Waals surface area (Å²) in [5, 5.41) is 0. The molecule has 0 amide bonds. The van der Waals surface area contributed by atoms with Gasteiger partial charge in [0.15, 0.2) is 0 Å². The quantitative estimate of drug-likeness (QED) is 0.405. The van der Waals surface area contributed by atoms with Gasteiger partial charge in [-0.05, 0) is 12.1 Å². The van der Waals surface area contributed by atoms with Crippen molar-refractivity contribution in [3.63, 3.8) is 0 Å². The number of aliphatic imine (C=N–C) groups is 1. The minimum Gasteiger partial charge on any atom is -0.255 e. The summed E-state index contributed by atoms with van der Waals surface area (Å²) < 4.78 is 0. The molecule has 1 aromatic rings.